The number of rotatable bonds is 8. The maximum atomic E-state index is 14.3. The fraction of sp³-hybridized carbons (Fsp3) is 0.318. The Labute approximate surface area is 169 Å². The van der Waals surface area contributed by atoms with Crippen LogP contribution in [0.2, 0.25) is 0 Å². The number of hydrogen-bond donors (Lipinski definition) is 0. The molecule has 3 aromatic rings. The lowest BCUT2D eigenvalue weighted by molar-refractivity contribution is 0.0680. The van der Waals surface area contributed by atoms with E-state index in [9.17, 15) is 9.18 Å². The van der Waals surface area contributed by atoms with Crippen LogP contribution in [0.25, 0.3) is 11.1 Å². The van der Waals surface area contributed by atoms with E-state index in [1.807, 2.05) is 26.1 Å². The van der Waals surface area contributed by atoms with Crippen LogP contribution in [0, 0.1) is 12.7 Å². The van der Waals surface area contributed by atoms with Gasteiger partial charge in [0.05, 0.1) is 12.8 Å². The van der Waals surface area contributed by atoms with Crippen molar-refractivity contribution >= 4 is 5.91 Å². The van der Waals surface area contributed by atoms with Crippen molar-refractivity contribution in [3.63, 3.8) is 0 Å². The van der Waals surface area contributed by atoms with Crippen molar-refractivity contribution < 1.29 is 13.9 Å². The highest BCUT2D eigenvalue weighted by Gasteiger charge is 2.19. The van der Waals surface area contributed by atoms with Crippen LogP contribution in [0.1, 0.15) is 28.5 Å². The second-order valence-corrected chi connectivity index (χ2v) is 6.84. The van der Waals surface area contributed by atoms with E-state index in [1.54, 1.807) is 41.2 Å². The Kier molecular flexibility index (Phi) is 6.72. The molecule has 3 rings (SSSR count). The average Bonchev–Trinajstić information content (AvgIpc) is 3.18. The average molecular weight is 396 g/mol. The Morgan fingerprint density at radius 2 is 2.07 bits per heavy atom. The minimum absolute atomic E-state index is 0.252. The molecule has 0 aliphatic heterocycles. The molecule has 0 aliphatic rings. The van der Waals surface area contributed by atoms with E-state index in [4.69, 9.17) is 4.74 Å². The molecule has 6 nitrogen and oxygen atoms in total. The molecule has 152 valence electrons. The summed E-state index contributed by atoms with van der Waals surface area (Å²) >= 11 is 0. The smallest absolute Gasteiger partial charge is 0.254 e. The van der Waals surface area contributed by atoms with Crippen molar-refractivity contribution in [2.75, 3.05) is 20.3 Å². The summed E-state index contributed by atoms with van der Waals surface area (Å²) in [6, 6.07) is 8.09. The number of ether oxygens (including phenoxy) is 1. The minimum atomic E-state index is -0.453. The van der Waals surface area contributed by atoms with Crippen molar-refractivity contribution in [2.24, 2.45) is 0 Å². The minimum Gasteiger partial charge on any atom is -0.383 e. The van der Waals surface area contributed by atoms with E-state index < -0.39 is 5.82 Å². The summed E-state index contributed by atoms with van der Waals surface area (Å²) in [7, 11) is 1.59. The third-order valence-electron chi connectivity index (χ3n) is 4.61. The molecule has 0 fully saturated rings. The van der Waals surface area contributed by atoms with Gasteiger partial charge in [-0.2, -0.15) is 5.10 Å². The molecular formula is C22H25FN4O2. The van der Waals surface area contributed by atoms with Gasteiger partial charge in [0.2, 0.25) is 0 Å². The Hall–Kier alpha value is -3.06. The number of amides is 1. The van der Waals surface area contributed by atoms with Gasteiger partial charge >= 0.3 is 0 Å². The Morgan fingerprint density at radius 3 is 2.76 bits per heavy atom. The zero-order chi connectivity index (χ0) is 20.8. The van der Waals surface area contributed by atoms with E-state index in [0.29, 0.717) is 30.8 Å². The van der Waals surface area contributed by atoms with Gasteiger partial charge in [-0.15, -0.1) is 0 Å². The van der Waals surface area contributed by atoms with Crippen LogP contribution in [0.4, 0.5) is 4.39 Å². The summed E-state index contributed by atoms with van der Waals surface area (Å²) in [5.41, 5.74) is 3.50. The molecule has 7 heteroatoms. The van der Waals surface area contributed by atoms with E-state index in [1.165, 1.54) is 12.1 Å². The molecule has 0 saturated carbocycles. The molecule has 0 atom stereocenters. The van der Waals surface area contributed by atoms with Gasteiger partial charge in [0.25, 0.3) is 5.91 Å². The SMILES string of the molecule is CCn1cc(CN(CCOC)C(=O)c2cc(F)cc(-c3ccnc(C)c3)c2)cn1. The van der Waals surface area contributed by atoms with Gasteiger partial charge in [0.1, 0.15) is 5.82 Å². The summed E-state index contributed by atoms with van der Waals surface area (Å²) in [6.07, 6.45) is 5.32. The predicted molar refractivity (Wildman–Crippen MR) is 109 cm³/mol. The second kappa shape index (κ2) is 9.43. The van der Waals surface area contributed by atoms with Crippen molar-refractivity contribution in [1.82, 2.24) is 19.7 Å². The third-order valence-corrected chi connectivity index (χ3v) is 4.61. The molecular weight excluding hydrogens is 371 g/mol. The molecule has 0 N–H and O–H groups in total. The number of carbonyl (C=O) groups excluding carboxylic acids is 1. The molecule has 0 saturated heterocycles. The van der Waals surface area contributed by atoms with E-state index in [-0.39, 0.29) is 5.91 Å². The molecule has 0 unspecified atom stereocenters. The lowest BCUT2D eigenvalue weighted by atomic mass is 10.0. The number of benzene rings is 1. The van der Waals surface area contributed by atoms with E-state index in [2.05, 4.69) is 10.1 Å². The van der Waals surface area contributed by atoms with Gasteiger partial charge in [-0.25, -0.2) is 4.39 Å². The predicted octanol–water partition coefficient (Wildman–Crippen LogP) is 3.70. The first-order chi connectivity index (χ1) is 14.0. The number of hydrogen-bond acceptors (Lipinski definition) is 4. The standard InChI is InChI=1S/C22H25FN4O2/c1-4-27-15-17(13-25-27)14-26(7-8-29-3)22(28)20-10-19(11-21(23)12-20)18-5-6-24-16(2)9-18/h5-6,9-13,15H,4,7-8,14H2,1-3H3. The van der Waals surface area contributed by atoms with Crippen LogP contribution in [-0.4, -0.2) is 45.8 Å². The molecule has 1 aromatic carbocycles. The quantitative estimate of drug-likeness (QED) is 0.583. The van der Waals surface area contributed by atoms with Crippen LogP contribution in [0.15, 0.2) is 48.9 Å². The molecule has 1 amide bonds. The maximum absolute atomic E-state index is 14.3. The van der Waals surface area contributed by atoms with Crippen LogP contribution in [0.3, 0.4) is 0 Å². The highest BCUT2D eigenvalue weighted by atomic mass is 19.1. The number of methoxy groups -OCH3 is 1. The monoisotopic (exact) mass is 396 g/mol. The van der Waals surface area contributed by atoms with Crippen LogP contribution in [-0.2, 0) is 17.8 Å². The summed E-state index contributed by atoms with van der Waals surface area (Å²) in [5.74, 6) is -0.705. The lowest BCUT2D eigenvalue weighted by Crippen LogP contribution is -2.33. The molecule has 0 spiro atoms. The molecule has 0 bridgehead atoms. The zero-order valence-corrected chi connectivity index (χ0v) is 16.9. The van der Waals surface area contributed by atoms with Crippen molar-refractivity contribution in [1.29, 1.82) is 0 Å². The van der Waals surface area contributed by atoms with Gasteiger partial charge < -0.3 is 9.64 Å². The van der Waals surface area contributed by atoms with Crippen LogP contribution in [0.5, 0.6) is 0 Å². The van der Waals surface area contributed by atoms with E-state index in [0.717, 1.165) is 23.4 Å². The van der Waals surface area contributed by atoms with Gasteiger partial charge in [0.15, 0.2) is 0 Å². The Bertz CT molecular complexity index is 986. The van der Waals surface area contributed by atoms with Crippen LogP contribution >= 0.6 is 0 Å². The number of aromatic nitrogens is 3. The topological polar surface area (TPSA) is 60.2 Å². The van der Waals surface area contributed by atoms with Crippen LogP contribution < -0.4 is 0 Å². The first-order valence-corrected chi connectivity index (χ1v) is 9.53. The van der Waals surface area contributed by atoms with Gasteiger partial charge in [-0.1, -0.05) is 0 Å². The molecule has 29 heavy (non-hydrogen) atoms. The number of pyridine rings is 1. The number of halogens is 1. The fourth-order valence-corrected chi connectivity index (χ4v) is 3.12. The Morgan fingerprint density at radius 1 is 1.24 bits per heavy atom. The second-order valence-electron chi connectivity index (χ2n) is 6.84. The van der Waals surface area contributed by atoms with Crippen molar-refractivity contribution in [3.8, 4) is 11.1 Å². The number of carbonyl (C=O) groups is 1. The lowest BCUT2D eigenvalue weighted by Gasteiger charge is -2.22. The molecule has 2 aromatic heterocycles. The first kappa shape index (κ1) is 20.7. The number of nitrogens with zero attached hydrogens (tertiary/aromatic N) is 4. The van der Waals surface area contributed by atoms with E-state index >= 15 is 0 Å². The number of aryl methyl sites for hydroxylation is 2. The highest BCUT2D eigenvalue weighted by molar-refractivity contribution is 5.95. The fourth-order valence-electron chi connectivity index (χ4n) is 3.12. The first-order valence-electron chi connectivity index (χ1n) is 9.53. The largest absolute Gasteiger partial charge is 0.383 e. The summed E-state index contributed by atoms with van der Waals surface area (Å²) in [6.45, 7) is 5.79. The normalized spacial score (nSPS) is 10.9. The van der Waals surface area contributed by atoms with Gasteiger partial charge in [-0.3, -0.25) is 14.5 Å². The highest BCUT2D eigenvalue weighted by Crippen LogP contribution is 2.23. The summed E-state index contributed by atoms with van der Waals surface area (Å²) in [4.78, 5) is 19.0. The summed E-state index contributed by atoms with van der Waals surface area (Å²) < 4.78 is 21.3. The van der Waals surface area contributed by atoms with Crippen molar-refractivity contribution in [2.45, 2.75) is 26.9 Å². The molecule has 2 heterocycles. The van der Waals surface area contributed by atoms with Gasteiger partial charge in [-0.05, 0) is 55.3 Å². The third kappa shape index (κ3) is 5.26. The molecule has 0 aliphatic carbocycles. The summed E-state index contributed by atoms with van der Waals surface area (Å²) in [5, 5.41) is 4.26. The van der Waals surface area contributed by atoms with Gasteiger partial charge in [0, 0.05) is 56.0 Å². The van der Waals surface area contributed by atoms with Crippen molar-refractivity contribution in [3.05, 3.63) is 71.6 Å². The Balaban J connectivity index is 1.90. The zero-order valence-electron chi connectivity index (χ0n) is 16.9. The maximum Gasteiger partial charge on any atom is 0.254 e. The molecule has 0 radical (unpaired) electrons.